The molecule has 0 unspecified atom stereocenters. The van der Waals surface area contributed by atoms with Crippen LogP contribution in [0.4, 0.5) is 5.69 Å². The summed E-state index contributed by atoms with van der Waals surface area (Å²) in [7, 11) is 0. The van der Waals surface area contributed by atoms with Crippen molar-refractivity contribution < 1.29 is 19.4 Å². The fourth-order valence-corrected chi connectivity index (χ4v) is 4.92. The van der Waals surface area contributed by atoms with Crippen LogP contribution in [-0.4, -0.2) is 48.8 Å². The summed E-state index contributed by atoms with van der Waals surface area (Å²) in [6.07, 6.45) is 4.03. The monoisotopic (exact) mass is 543 g/mol. The van der Waals surface area contributed by atoms with Crippen molar-refractivity contribution >= 4 is 17.5 Å². The lowest BCUT2D eigenvalue weighted by Gasteiger charge is -2.25. The number of anilines is 1. The highest BCUT2D eigenvalue weighted by Crippen LogP contribution is 2.28. The Kier molecular flexibility index (Phi) is 11.1. The molecule has 1 saturated heterocycles. The molecular weight excluding hydrogens is 502 g/mol. The van der Waals surface area contributed by atoms with Crippen molar-refractivity contribution in [3.05, 3.63) is 95.6 Å². The normalized spacial score (nSPS) is 14.7. The van der Waals surface area contributed by atoms with Gasteiger partial charge in [-0.1, -0.05) is 80.4 Å². The van der Waals surface area contributed by atoms with Crippen molar-refractivity contribution in [1.29, 1.82) is 0 Å². The Morgan fingerprint density at radius 1 is 1.00 bits per heavy atom. The van der Waals surface area contributed by atoms with E-state index in [2.05, 4.69) is 17.6 Å². The largest absolute Gasteiger partial charge is 0.493 e. The maximum atomic E-state index is 13.6. The molecule has 3 aromatic carbocycles. The standard InChI is InChI=1S/C33H41N3O4/c1-2-3-10-18-40-29-21-27(20-28(22-29)36-17-11-16-32(36)38)33(39)35-30(19-25-12-6-4-7-13-25)31(37)24-34-23-26-14-8-5-9-15-26/h4-9,12-15,20-22,30-31,34,37H,2-3,10-11,16-19,23-24H2,1H3,(H,35,39)/t30-,31-/m0/s1. The predicted molar refractivity (Wildman–Crippen MR) is 159 cm³/mol. The minimum atomic E-state index is -0.819. The number of unbranched alkanes of at least 4 members (excludes halogenated alkanes) is 2. The SMILES string of the molecule is CCCCCOc1cc(C(=O)N[C@@H](Cc2ccccc2)[C@@H](O)CNCc2ccccc2)cc(N2CCCC2=O)c1. The summed E-state index contributed by atoms with van der Waals surface area (Å²) >= 11 is 0. The van der Waals surface area contributed by atoms with Gasteiger partial charge in [0.05, 0.1) is 18.8 Å². The van der Waals surface area contributed by atoms with Gasteiger partial charge in [-0.15, -0.1) is 0 Å². The maximum Gasteiger partial charge on any atom is 0.251 e. The number of rotatable bonds is 15. The van der Waals surface area contributed by atoms with Crippen molar-refractivity contribution in [2.75, 3.05) is 24.6 Å². The number of hydrogen-bond donors (Lipinski definition) is 3. The second-order valence-electron chi connectivity index (χ2n) is 10.4. The lowest BCUT2D eigenvalue weighted by molar-refractivity contribution is -0.117. The Balaban J connectivity index is 1.50. The van der Waals surface area contributed by atoms with E-state index in [1.54, 1.807) is 17.0 Å². The third kappa shape index (κ3) is 8.66. The second-order valence-corrected chi connectivity index (χ2v) is 10.4. The molecule has 7 nitrogen and oxygen atoms in total. The highest BCUT2D eigenvalue weighted by atomic mass is 16.5. The van der Waals surface area contributed by atoms with Crippen LogP contribution in [0.1, 0.15) is 60.5 Å². The van der Waals surface area contributed by atoms with Crippen molar-refractivity contribution in [3.8, 4) is 5.75 Å². The van der Waals surface area contributed by atoms with Gasteiger partial charge in [0.25, 0.3) is 5.91 Å². The number of amides is 2. The zero-order chi connectivity index (χ0) is 28.2. The average molecular weight is 544 g/mol. The third-order valence-electron chi connectivity index (χ3n) is 7.16. The van der Waals surface area contributed by atoms with Gasteiger partial charge in [-0.2, -0.15) is 0 Å². The Bertz CT molecular complexity index is 1220. The number of aliphatic hydroxyl groups excluding tert-OH is 1. The smallest absolute Gasteiger partial charge is 0.251 e. The highest BCUT2D eigenvalue weighted by Gasteiger charge is 2.26. The van der Waals surface area contributed by atoms with E-state index in [1.807, 2.05) is 66.7 Å². The van der Waals surface area contributed by atoms with E-state index in [4.69, 9.17) is 4.74 Å². The Morgan fingerprint density at radius 3 is 2.40 bits per heavy atom. The van der Waals surface area contributed by atoms with E-state index in [0.29, 0.717) is 56.1 Å². The molecule has 0 bridgehead atoms. The molecule has 40 heavy (non-hydrogen) atoms. The lowest BCUT2D eigenvalue weighted by atomic mass is 10.00. The molecular formula is C33H41N3O4. The molecule has 4 rings (SSSR count). The van der Waals surface area contributed by atoms with E-state index in [-0.39, 0.29) is 11.8 Å². The highest BCUT2D eigenvalue weighted by molar-refractivity contribution is 5.99. The van der Waals surface area contributed by atoms with Crippen molar-refractivity contribution in [2.24, 2.45) is 0 Å². The first-order chi connectivity index (χ1) is 19.5. The van der Waals surface area contributed by atoms with Crippen LogP contribution in [0.25, 0.3) is 0 Å². The number of ether oxygens (including phenoxy) is 1. The lowest BCUT2D eigenvalue weighted by Crippen LogP contribution is -2.48. The molecule has 7 heteroatoms. The van der Waals surface area contributed by atoms with Crippen LogP contribution in [0.2, 0.25) is 0 Å². The van der Waals surface area contributed by atoms with Gasteiger partial charge < -0.3 is 25.4 Å². The van der Waals surface area contributed by atoms with Crippen LogP contribution >= 0.6 is 0 Å². The van der Waals surface area contributed by atoms with Crippen LogP contribution in [0, 0.1) is 0 Å². The van der Waals surface area contributed by atoms with Crippen LogP contribution in [0.15, 0.2) is 78.9 Å². The molecule has 1 aliphatic rings. The molecule has 0 aliphatic carbocycles. The number of aliphatic hydroxyl groups is 1. The second kappa shape index (κ2) is 15.2. The zero-order valence-corrected chi connectivity index (χ0v) is 23.4. The minimum absolute atomic E-state index is 0.0522. The summed E-state index contributed by atoms with van der Waals surface area (Å²) in [5, 5.41) is 17.6. The van der Waals surface area contributed by atoms with Crippen LogP contribution in [-0.2, 0) is 17.8 Å². The van der Waals surface area contributed by atoms with Crippen LogP contribution in [0.5, 0.6) is 5.75 Å². The zero-order valence-electron chi connectivity index (χ0n) is 23.4. The molecule has 1 aliphatic heterocycles. The molecule has 0 spiro atoms. The fourth-order valence-electron chi connectivity index (χ4n) is 4.92. The van der Waals surface area contributed by atoms with Gasteiger partial charge in [-0.3, -0.25) is 9.59 Å². The number of carbonyl (C=O) groups is 2. The van der Waals surface area contributed by atoms with E-state index in [0.717, 1.165) is 36.8 Å². The van der Waals surface area contributed by atoms with Gasteiger partial charge in [0, 0.05) is 43.4 Å². The Morgan fingerprint density at radius 2 is 1.73 bits per heavy atom. The first kappa shape index (κ1) is 29.3. The van der Waals surface area contributed by atoms with Crippen LogP contribution in [0.3, 0.4) is 0 Å². The summed E-state index contributed by atoms with van der Waals surface area (Å²) in [4.78, 5) is 27.8. The van der Waals surface area contributed by atoms with E-state index < -0.39 is 12.1 Å². The summed E-state index contributed by atoms with van der Waals surface area (Å²) < 4.78 is 6.00. The molecule has 0 aromatic heterocycles. The number of hydrogen-bond acceptors (Lipinski definition) is 5. The first-order valence-corrected chi connectivity index (χ1v) is 14.4. The fraction of sp³-hybridized carbons (Fsp3) is 0.394. The molecule has 1 heterocycles. The Hall–Kier alpha value is -3.68. The molecule has 3 aromatic rings. The summed E-state index contributed by atoms with van der Waals surface area (Å²) in [5.74, 6) is 0.314. The number of benzene rings is 3. The molecule has 212 valence electrons. The topological polar surface area (TPSA) is 90.9 Å². The van der Waals surface area contributed by atoms with E-state index in [1.165, 1.54) is 0 Å². The minimum Gasteiger partial charge on any atom is -0.493 e. The van der Waals surface area contributed by atoms with Crippen molar-refractivity contribution in [2.45, 2.75) is 64.1 Å². The Labute approximate surface area is 237 Å². The summed E-state index contributed by atoms with van der Waals surface area (Å²) in [5.41, 5.74) is 3.22. The van der Waals surface area contributed by atoms with Gasteiger partial charge in [0.15, 0.2) is 0 Å². The number of carbonyl (C=O) groups excluding carboxylic acids is 2. The van der Waals surface area contributed by atoms with Gasteiger partial charge in [0.1, 0.15) is 5.75 Å². The molecule has 1 fully saturated rings. The van der Waals surface area contributed by atoms with Gasteiger partial charge >= 0.3 is 0 Å². The summed E-state index contributed by atoms with van der Waals surface area (Å²) in [6, 6.07) is 24.6. The number of nitrogens with one attached hydrogen (secondary N) is 2. The number of nitrogens with zero attached hydrogens (tertiary/aromatic N) is 1. The van der Waals surface area contributed by atoms with Gasteiger partial charge in [-0.05, 0) is 42.5 Å². The van der Waals surface area contributed by atoms with Crippen molar-refractivity contribution in [3.63, 3.8) is 0 Å². The summed E-state index contributed by atoms with van der Waals surface area (Å²) in [6.45, 7) is 4.26. The average Bonchev–Trinajstić information content (AvgIpc) is 3.41. The maximum absolute atomic E-state index is 13.6. The van der Waals surface area contributed by atoms with Gasteiger partial charge in [0.2, 0.25) is 5.91 Å². The molecule has 0 radical (unpaired) electrons. The third-order valence-corrected chi connectivity index (χ3v) is 7.16. The predicted octanol–water partition coefficient (Wildman–Crippen LogP) is 4.87. The van der Waals surface area contributed by atoms with Crippen LogP contribution < -0.4 is 20.3 Å². The first-order valence-electron chi connectivity index (χ1n) is 14.4. The quantitative estimate of drug-likeness (QED) is 0.238. The molecule has 3 N–H and O–H groups in total. The van der Waals surface area contributed by atoms with E-state index >= 15 is 0 Å². The van der Waals surface area contributed by atoms with E-state index in [9.17, 15) is 14.7 Å². The molecule has 2 atom stereocenters. The van der Waals surface area contributed by atoms with Gasteiger partial charge in [-0.25, -0.2) is 0 Å². The molecule has 0 saturated carbocycles. The molecule has 2 amide bonds. The van der Waals surface area contributed by atoms with Crippen molar-refractivity contribution in [1.82, 2.24) is 10.6 Å².